The zero-order valence-electron chi connectivity index (χ0n) is 18.7. The molecule has 0 radical (unpaired) electrons. The summed E-state index contributed by atoms with van der Waals surface area (Å²) in [6.07, 6.45) is 3.80. The summed E-state index contributed by atoms with van der Waals surface area (Å²) in [7, 11) is 1.65. The largest absolute Gasteiger partial charge is 0.491 e. The summed E-state index contributed by atoms with van der Waals surface area (Å²) in [6, 6.07) is 13.6. The fraction of sp³-hybridized carbons (Fsp3) is 0.400. The van der Waals surface area contributed by atoms with Crippen LogP contribution in [0.25, 0.3) is 22.2 Å². The molecule has 2 aromatic carbocycles. The molecule has 1 heterocycles. The number of anilines is 2. The number of rotatable bonds is 8. The van der Waals surface area contributed by atoms with Crippen molar-refractivity contribution >= 4 is 28.4 Å². The van der Waals surface area contributed by atoms with Crippen LogP contribution in [0.5, 0.6) is 5.75 Å². The zero-order chi connectivity index (χ0) is 22.5. The first-order valence-corrected chi connectivity index (χ1v) is 11.2. The lowest BCUT2D eigenvalue weighted by Gasteiger charge is -2.13. The maximum absolute atomic E-state index is 12.1. The van der Waals surface area contributed by atoms with Crippen molar-refractivity contribution in [2.24, 2.45) is 0 Å². The fourth-order valence-corrected chi connectivity index (χ4v) is 4.34. The minimum Gasteiger partial charge on any atom is -0.491 e. The van der Waals surface area contributed by atoms with Crippen LogP contribution < -0.4 is 15.8 Å². The highest BCUT2D eigenvalue weighted by Gasteiger charge is 2.20. The third-order valence-electron chi connectivity index (χ3n) is 5.93. The second-order valence-corrected chi connectivity index (χ2v) is 8.04. The Morgan fingerprint density at radius 1 is 1.12 bits per heavy atom. The van der Waals surface area contributed by atoms with Crippen molar-refractivity contribution in [3.8, 4) is 17.0 Å². The van der Waals surface area contributed by atoms with E-state index in [1.54, 1.807) is 7.11 Å². The van der Waals surface area contributed by atoms with Gasteiger partial charge in [0.1, 0.15) is 18.5 Å². The highest BCUT2D eigenvalue weighted by atomic mass is 16.6. The van der Waals surface area contributed by atoms with E-state index < -0.39 is 6.09 Å². The Bertz CT molecular complexity index is 1070. The van der Waals surface area contributed by atoms with Gasteiger partial charge in [0.05, 0.1) is 23.5 Å². The predicted molar refractivity (Wildman–Crippen MR) is 127 cm³/mol. The highest BCUT2D eigenvalue weighted by molar-refractivity contribution is 6.01. The second kappa shape index (κ2) is 9.96. The molecule has 3 aromatic rings. The SMILES string of the molecule is CCn1c(-c2ccc(NC(=O)OC3CCCC3)cc2)c(N)c2ccc(OCCOC)cc21. The van der Waals surface area contributed by atoms with Crippen molar-refractivity contribution in [1.82, 2.24) is 4.57 Å². The topological polar surface area (TPSA) is 87.7 Å². The lowest BCUT2D eigenvalue weighted by molar-refractivity contribution is 0.114. The summed E-state index contributed by atoms with van der Waals surface area (Å²) in [5, 5.41) is 3.81. The number of benzene rings is 2. The number of ether oxygens (including phenoxy) is 3. The van der Waals surface area contributed by atoms with Crippen LogP contribution in [0.1, 0.15) is 32.6 Å². The number of nitrogens with zero attached hydrogens (tertiary/aromatic N) is 1. The fourth-order valence-electron chi connectivity index (χ4n) is 4.34. The molecule has 4 rings (SSSR count). The van der Waals surface area contributed by atoms with Gasteiger partial charge in [-0.1, -0.05) is 12.1 Å². The molecule has 0 atom stereocenters. The van der Waals surface area contributed by atoms with Gasteiger partial charge in [-0.15, -0.1) is 0 Å². The first-order valence-electron chi connectivity index (χ1n) is 11.2. The molecular weight excluding hydrogens is 406 g/mol. The molecule has 1 saturated carbocycles. The highest BCUT2D eigenvalue weighted by Crippen LogP contribution is 2.38. The van der Waals surface area contributed by atoms with Gasteiger partial charge in [0.25, 0.3) is 0 Å². The van der Waals surface area contributed by atoms with Crippen LogP contribution in [-0.4, -0.2) is 37.1 Å². The predicted octanol–water partition coefficient (Wildman–Crippen LogP) is 5.43. The van der Waals surface area contributed by atoms with Crippen molar-refractivity contribution in [3.05, 3.63) is 42.5 Å². The van der Waals surface area contributed by atoms with Crippen LogP contribution in [0.4, 0.5) is 16.2 Å². The van der Waals surface area contributed by atoms with Gasteiger partial charge in [0, 0.05) is 36.4 Å². The van der Waals surface area contributed by atoms with Crippen molar-refractivity contribution in [1.29, 1.82) is 0 Å². The third-order valence-corrected chi connectivity index (χ3v) is 5.93. The Morgan fingerprint density at radius 3 is 2.56 bits per heavy atom. The molecule has 1 aliphatic rings. The van der Waals surface area contributed by atoms with Crippen molar-refractivity contribution in [3.63, 3.8) is 0 Å². The van der Waals surface area contributed by atoms with Crippen LogP contribution in [0, 0.1) is 0 Å². The van der Waals surface area contributed by atoms with Gasteiger partial charge in [-0.05, 0) is 56.9 Å². The molecule has 7 heteroatoms. The number of aromatic nitrogens is 1. The number of hydrogen-bond donors (Lipinski definition) is 2. The average molecular weight is 438 g/mol. The summed E-state index contributed by atoms with van der Waals surface area (Å²) in [5.74, 6) is 0.786. The van der Waals surface area contributed by atoms with E-state index in [4.69, 9.17) is 19.9 Å². The molecule has 1 fully saturated rings. The molecule has 3 N–H and O–H groups in total. The lowest BCUT2D eigenvalue weighted by atomic mass is 10.1. The standard InChI is InChI=1S/C25H31N3O4/c1-3-28-22-16-20(31-15-14-30-2)12-13-21(22)23(26)24(28)17-8-10-18(11-9-17)27-25(29)32-19-6-4-5-7-19/h8-13,16,19H,3-7,14-15,26H2,1-2H3,(H,27,29). The van der Waals surface area contributed by atoms with E-state index in [1.807, 2.05) is 42.5 Å². The van der Waals surface area contributed by atoms with Gasteiger partial charge in [-0.3, -0.25) is 5.32 Å². The second-order valence-electron chi connectivity index (χ2n) is 8.04. The number of hydrogen-bond acceptors (Lipinski definition) is 5. The first-order chi connectivity index (χ1) is 15.6. The molecular formula is C25H31N3O4. The number of nitrogen functional groups attached to an aromatic ring is 1. The Balaban J connectivity index is 1.55. The number of nitrogens with two attached hydrogens (primary N) is 1. The summed E-state index contributed by atoms with van der Waals surface area (Å²) >= 11 is 0. The van der Waals surface area contributed by atoms with Gasteiger partial charge in [0.15, 0.2) is 0 Å². The van der Waals surface area contributed by atoms with Gasteiger partial charge in [-0.25, -0.2) is 4.79 Å². The van der Waals surface area contributed by atoms with Crippen LogP contribution in [0.2, 0.25) is 0 Å². The van der Waals surface area contributed by atoms with Crippen LogP contribution in [0.15, 0.2) is 42.5 Å². The van der Waals surface area contributed by atoms with Crippen molar-refractivity contribution in [2.45, 2.75) is 45.3 Å². The maximum Gasteiger partial charge on any atom is 0.411 e. The van der Waals surface area contributed by atoms with Crippen LogP contribution in [0.3, 0.4) is 0 Å². The Kier molecular flexibility index (Phi) is 6.85. The number of fused-ring (bicyclic) bond motifs is 1. The smallest absolute Gasteiger partial charge is 0.411 e. The lowest BCUT2D eigenvalue weighted by Crippen LogP contribution is -2.20. The van der Waals surface area contributed by atoms with Gasteiger partial charge in [0.2, 0.25) is 0 Å². The van der Waals surface area contributed by atoms with Gasteiger partial charge >= 0.3 is 6.09 Å². The van der Waals surface area contributed by atoms with Crippen molar-refractivity contribution < 1.29 is 19.0 Å². The number of methoxy groups -OCH3 is 1. The Morgan fingerprint density at radius 2 is 1.88 bits per heavy atom. The molecule has 0 bridgehead atoms. The van der Waals surface area contributed by atoms with E-state index in [9.17, 15) is 4.79 Å². The van der Waals surface area contributed by atoms with Gasteiger partial charge < -0.3 is 24.5 Å². The summed E-state index contributed by atoms with van der Waals surface area (Å²) < 4.78 is 18.5. The quantitative estimate of drug-likeness (QED) is 0.459. The molecule has 7 nitrogen and oxygen atoms in total. The molecule has 0 spiro atoms. The Hall–Kier alpha value is -3.19. The molecule has 0 saturated heterocycles. The summed E-state index contributed by atoms with van der Waals surface area (Å²) in [4.78, 5) is 12.1. The van der Waals surface area contributed by atoms with Crippen LogP contribution in [-0.2, 0) is 16.0 Å². The van der Waals surface area contributed by atoms with Gasteiger partial charge in [-0.2, -0.15) is 0 Å². The van der Waals surface area contributed by atoms with Crippen molar-refractivity contribution in [2.75, 3.05) is 31.4 Å². The number of amides is 1. The van der Waals surface area contributed by atoms with E-state index in [1.165, 1.54) is 0 Å². The summed E-state index contributed by atoms with van der Waals surface area (Å²) in [5.41, 5.74) is 10.9. The molecule has 0 aliphatic heterocycles. The number of nitrogens with one attached hydrogen (secondary N) is 1. The normalized spacial score (nSPS) is 14.1. The Labute approximate surface area is 188 Å². The number of aryl methyl sites for hydroxylation is 1. The molecule has 1 amide bonds. The number of carbonyl (C=O) groups excluding carboxylic acids is 1. The first kappa shape index (κ1) is 22.0. The molecule has 1 aliphatic carbocycles. The molecule has 170 valence electrons. The van der Waals surface area contributed by atoms with E-state index in [0.717, 1.165) is 65.8 Å². The summed E-state index contributed by atoms with van der Waals surface area (Å²) in [6.45, 7) is 3.89. The molecule has 32 heavy (non-hydrogen) atoms. The van der Waals surface area contributed by atoms with E-state index >= 15 is 0 Å². The molecule has 1 aromatic heterocycles. The minimum absolute atomic E-state index is 0.0395. The zero-order valence-corrected chi connectivity index (χ0v) is 18.7. The van der Waals surface area contributed by atoms with E-state index in [-0.39, 0.29) is 6.10 Å². The monoisotopic (exact) mass is 437 g/mol. The minimum atomic E-state index is -0.396. The number of carbonyl (C=O) groups is 1. The van der Waals surface area contributed by atoms with Crippen LogP contribution >= 0.6 is 0 Å². The maximum atomic E-state index is 12.1. The third kappa shape index (κ3) is 4.67. The molecule has 0 unspecified atom stereocenters. The van der Waals surface area contributed by atoms with E-state index in [0.29, 0.717) is 18.9 Å². The average Bonchev–Trinajstić information content (AvgIpc) is 3.40. The van der Waals surface area contributed by atoms with E-state index in [2.05, 4.69) is 16.8 Å².